The molecule has 0 unspecified atom stereocenters. The monoisotopic (exact) mass is 138 g/mol. The zero-order valence-electron chi connectivity index (χ0n) is 6.47. The van der Waals surface area contributed by atoms with E-state index in [0.29, 0.717) is 11.7 Å². The van der Waals surface area contributed by atoms with E-state index in [2.05, 4.69) is 0 Å². The van der Waals surface area contributed by atoms with Gasteiger partial charge in [0.15, 0.2) is 0 Å². The fourth-order valence-corrected chi connectivity index (χ4v) is 2.91. The molecule has 0 radical (unpaired) electrons. The van der Waals surface area contributed by atoms with Crippen LogP contribution in [0.4, 0.5) is 0 Å². The Morgan fingerprint density at radius 3 is 1.70 bits per heavy atom. The number of rotatable bonds is 1. The molecule has 2 bridgehead atoms. The summed E-state index contributed by atoms with van der Waals surface area (Å²) < 4.78 is 0. The Kier molecular flexibility index (Phi) is 1.33. The molecule has 1 nitrogen and oxygen atoms in total. The number of hydrogen-bond donors (Lipinski definition) is 0. The number of fused-ring (bicyclic) bond motifs is 2. The lowest BCUT2D eigenvalue weighted by molar-refractivity contribution is -0.122. The van der Waals surface area contributed by atoms with E-state index in [4.69, 9.17) is 0 Å². The van der Waals surface area contributed by atoms with Gasteiger partial charge in [-0.2, -0.15) is 0 Å². The number of Topliss-reactive ketones (excluding diaryl/α,β-unsaturated/α-hetero) is 1. The first-order valence-corrected chi connectivity index (χ1v) is 4.29. The normalized spacial score (nSPS) is 44.3. The summed E-state index contributed by atoms with van der Waals surface area (Å²) in [7, 11) is 0. The van der Waals surface area contributed by atoms with Crippen LogP contribution >= 0.6 is 0 Å². The summed E-state index contributed by atoms with van der Waals surface area (Å²) in [5.41, 5.74) is 0. The molecule has 0 aromatic carbocycles. The highest BCUT2D eigenvalue weighted by atomic mass is 16.1. The van der Waals surface area contributed by atoms with Gasteiger partial charge in [0.25, 0.3) is 0 Å². The predicted octanol–water partition coefficient (Wildman–Crippen LogP) is 2.01. The average molecular weight is 138 g/mol. The van der Waals surface area contributed by atoms with E-state index < -0.39 is 0 Å². The van der Waals surface area contributed by atoms with Gasteiger partial charge < -0.3 is 0 Å². The van der Waals surface area contributed by atoms with Crippen LogP contribution in [0.25, 0.3) is 0 Å². The van der Waals surface area contributed by atoms with Crippen LogP contribution in [0.3, 0.4) is 0 Å². The van der Waals surface area contributed by atoms with Crippen molar-refractivity contribution in [3.63, 3.8) is 0 Å². The largest absolute Gasteiger partial charge is 0.300 e. The van der Waals surface area contributed by atoms with Crippen molar-refractivity contribution in [3.05, 3.63) is 0 Å². The van der Waals surface area contributed by atoms with Gasteiger partial charge in [0.05, 0.1) is 0 Å². The van der Waals surface area contributed by atoms with Crippen LogP contribution < -0.4 is 0 Å². The second-order valence-electron chi connectivity index (χ2n) is 3.81. The van der Waals surface area contributed by atoms with Gasteiger partial charge in [-0.25, -0.2) is 0 Å². The summed E-state index contributed by atoms with van der Waals surface area (Å²) in [6, 6.07) is 0. The third-order valence-electron chi connectivity index (χ3n) is 3.30. The minimum absolute atomic E-state index is 0.449. The maximum absolute atomic E-state index is 11.1. The Bertz CT molecular complexity index is 142. The highest BCUT2D eigenvalue weighted by Gasteiger charge is 2.43. The van der Waals surface area contributed by atoms with Crippen LogP contribution in [0, 0.1) is 17.8 Å². The van der Waals surface area contributed by atoms with Gasteiger partial charge in [0.1, 0.15) is 5.78 Å². The van der Waals surface area contributed by atoms with Crippen molar-refractivity contribution in [2.45, 2.75) is 32.6 Å². The number of ketones is 1. The smallest absolute Gasteiger partial charge is 0.133 e. The summed E-state index contributed by atoms with van der Waals surface area (Å²) in [6.07, 6.45) is 5.31. The zero-order chi connectivity index (χ0) is 7.14. The van der Waals surface area contributed by atoms with Crippen LogP contribution in [-0.4, -0.2) is 5.78 Å². The lowest BCUT2D eigenvalue weighted by Crippen LogP contribution is -2.15. The van der Waals surface area contributed by atoms with Crippen LogP contribution in [0.2, 0.25) is 0 Å². The topological polar surface area (TPSA) is 17.1 Å². The average Bonchev–Trinajstić information content (AvgIpc) is 2.43. The van der Waals surface area contributed by atoms with Gasteiger partial charge >= 0.3 is 0 Å². The molecule has 0 aromatic heterocycles. The Balaban J connectivity index is 2.16. The van der Waals surface area contributed by atoms with E-state index in [1.807, 2.05) is 0 Å². The lowest BCUT2D eigenvalue weighted by Gasteiger charge is -2.09. The molecule has 0 aliphatic heterocycles. The Morgan fingerprint density at radius 2 is 1.50 bits per heavy atom. The fraction of sp³-hybridized carbons (Fsp3) is 0.889. The molecule has 0 heterocycles. The molecule has 2 saturated carbocycles. The molecule has 2 rings (SSSR count). The quantitative estimate of drug-likeness (QED) is 0.541. The molecule has 56 valence electrons. The predicted molar refractivity (Wildman–Crippen MR) is 39.6 cm³/mol. The Morgan fingerprint density at radius 1 is 1.10 bits per heavy atom. The van der Waals surface area contributed by atoms with Gasteiger partial charge in [-0.3, -0.25) is 4.79 Å². The SMILES string of the molecule is CC(=O)C1C2CCC1CC2. The van der Waals surface area contributed by atoms with Crippen LogP contribution in [-0.2, 0) is 4.79 Å². The molecule has 0 aromatic rings. The van der Waals surface area contributed by atoms with E-state index in [1.165, 1.54) is 25.7 Å². The summed E-state index contributed by atoms with van der Waals surface area (Å²) in [5.74, 6) is 2.48. The molecular weight excluding hydrogens is 124 g/mol. The zero-order valence-corrected chi connectivity index (χ0v) is 6.47. The maximum Gasteiger partial charge on any atom is 0.133 e. The van der Waals surface area contributed by atoms with E-state index in [1.54, 1.807) is 6.92 Å². The first-order valence-electron chi connectivity index (χ1n) is 4.29. The second-order valence-corrected chi connectivity index (χ2v) is 3.81. The van der Waals surface area contributed by atoms with Crippen LogP contribution in [0.15, 0.2) is 0 Å². The molecule has 0 saturated heterocycles. The Labute approximate surface area is 61.8 Å². The molecule has 0 N–H and O–H groups in total. The van der Waals surface area contributed by atoms with Crippen molar-refractivity contribution in [1.82, 2.24) is 0 Å². The van der Waals surface area contributed by atoms with E-state index in [9.17, 15) is 4.79 Å². The highest BCUT2D eigenvalue weighted by Crippen LogP contribution is 2.49. The lowest BCUT2D eigenvalue weighted by atomic mass is 9.94. The van der Waals surface area contributed by atoms with Crippen LogP contribution in [0.5, 0.6) is 0 Å². The van der Waals surface area contributed by atoms with Crippen molar-refractivity contribution >= 4 is 5.78 Å². The van der Waals surface area contributed by atoms with E-state index >= 15 is 0 Å². The van der Waals surface area contributed by atoms with Crippen molar-refractivity contribution < 1.29 is 4.79 Å². The van der Waals surface area contributed by atoms with Gasteiger partial charge in [-0.1, -0.05) is 0 Å². The van der Waals surface area contributed by atoms with Gasteiger partial charge in [0, 0.05) is 5.92 Å². The number of carbonyl (C=O) groups excluding carboxylic acids is 1. The molecule has 0 spiro atoms. The minimum Gasteiger partial charge on any atom is -0.300 e. The number of carbonyl (C=O) groups is 1. The number of hydrogen-bond acceptors (Lipinski definition) is 1. The van der Waals surface area contributed by atoms with Crippen LogP contribution in [0.1, 0.15) is 32.6 Å². The Hall–Kier alpha value is -0.330. The maximum atomic E-state index is 11.1. The van der Waals surface area contributed by atoms with Crippen molar-refractivity contribution in [3.8, 4) is 0 Å². The summed E-state index contributed by atoms with van der Waals surface area (Å²) in [6.45, 7) is 1.77. The summed E-state index contributed by atoms with van der Waals surface area (Å²) in [5, 5.41) is 0. The van der Waals surface area contributed by atoms with Gasteiger partial charge in [-0.15, -0.1) is 0 Å². The van der Waals surface area contributed by atoms with Crippen molar-refractivity contribution in [1.29, 1.82) is 0 Å². The molecule has 10 heavy (non-hydrogen) atoms. The first-order chi connectivity index (χ1) is 4.79. The third-order valence-corrected chi connectivity index (χ3v) is 3.30. The molecule has 2 aliphatic rings. The van der Waals surface area contributed by atoms with E-state index in [-0.39, 0.29) is 0 Å². The molecule has 1 heteroatoms. The second kappa shape index (κ2) is 2.08. The molecular formula is C9H14O. The highest BCUT2D eigenvalue weighted by molar-refractivity contribution is 5.79. The summed E-state index contributed by atoms with van der Waals surface area (Å²) in [4.78, 5) is 11.1. The van der Waals surface area contributed by atoms with Crippen molar-refractivity contribution in [2.24, 2.45) is 17.8 Å². The molecule has 0 amide bonds. The van der Waals surface area contributed by atoms with Crippen molar-refractivity contribution in [2.75, 3.05) is 0 Å². The molecule has 2 aliphatic carbocycles. The fourth-order valence-electron chi connectivity index (χ4n) is 2.91. The third kappa shape index (κ3) is 0.727. The molecule has 2 fully saturated rings. The summed E-state index contributed by atoms with van der Waals surface area (Å²) >= 11 is 0. The van der Waals surface area contributed by atoms with Gasteiger partial charge in [-0.05, 0) is 44.4 Å². The van der Waals surface area contributed by atoms with E-state index in [0.717, 1.165) is 11.8 Å². The molecule has 0 atom stereocenters. The van der Waals surface area contributed by atoms with Gasteiger partial charge in [0.2, 0.25) is 0 Å². The first kappa shape index (κ1) is 6.38. The standard InChI is InChI=1S/C9H14O/c1-6(10)9-7-2-3-8(9)5-4-7/h7-9H,2-5H2,1H3. The minimum atomic E-state index is 0.449.